The Morgan fingerprint density at radius 1 is 0.833 bits per heavy atom. The fourth-order valence-electron chi connectivity index (χ4n) is 3.31. The highest BCUT2D eigenvalue weighted by molar-refractivity contribution is 5.68. The Bertz CT molecular complexity index is 978. The summed E-state index contributed by atoms with van der Waals surface area (Å²) in [5, 5.41) is 19.2. The third-order valence-electron chi connectivity index (χ3n) is 4.88. The average molecular weight is 409 g/mol. The lowest BCUT2D eigenvalue weighted by molar-refractivity contribution is 0.0555. The minimum Gasteiger partial charge on any atom is -0.492 e. The SMILES string of the molecule is O=C(On1c(O)ccc1O)N1CCN(Cc2cccc(Oc3ccccc3)c2)CC1. The standard InChI is InChI=1S/C22H23N3O5/c26-20-9-10-21(27)25(20)30-22(28)24-13-11-23(12-14-24)16-17-5-4-8-19(15-17)29-18-6-2-1-3-7-18/h1-10,15,26-27H,11-14,16H2. The van der Waals surface area contributed by atoms with Crippen LogP contribution in [0.2, 0.25) is 0 Å². The summed E-state index contributed by atoms with van der Waals surface area (Å²) in [7, 11) is 0. The minimum absolute atomic E-state index is 0.336. The van der Waals surface area contributed by atoms with E-state index in [-0.39, 0.29) is 11.8 Å². The van der Waals surface area contributed by atoms with Gasteiger partial charge in [-0.2, -0.15) is 0 Å². The topological polar surface area (TPSA) is 87.4 Å². The van der Waals surface area contributed by atoms with E-state index in [0.717, 1.165) is 23.6 Å². The third-order valence-corrected chi connectivity index (χ3v) is 4.88. The molecule has 1 aliphatic rings. The maximum atomic E-state index is 12.3. The summed E-state index contributed by atoms with van der Waals surface area (Å²) in [4.78, 5) is 21.1. The largest absolute Gasteiger partial charge is 0.492 e. The van der Waals surface area contributed by atoms with Gasteiger partial charge in [-0.05, 0) is 29.8 Å². The van der Waals surface area contributed by atoms with Gasteiger partial charge < -0.3 is 24.7 Å². The molecule has 1 saturated heterocycles. The zero-order chi connectivity index (χ0) is 20.9. The van der Waals surface area contributed by atoms with Crippen molar-refractivity contribution in [3.63, 3.8) is 0 Å². The highest BCUT2D eigenvalue weighted by Crippen LogP contribution is 2.23. The van der Waals surface area contributed by atoms with Crippen molar-refractivity contribution >= 4 is 6.09 Å². The van der Waals surface area contributed by atoms with Crippen molar-refractivity contribution in [1.82, 2.24) is 14.5 Å². The van der Waals surface area contributed by atoms with E-state index in [0.29, 0.717) is 30.9 Å². The summed E-state index contributed by atoms with van der Waals surface area (Å²) in [6.45, 7) is 3.09. The van der Waals surface area contributed by atoms with Crippen molar-refractivity contribution < 1.29 is 24.6 Å². The first kappa shape index (κ1) is 19.7. The Morgan fingerprint density at radius 2 is 1.50 bits per heavy atom. The minimum atomic E-state index is -0.616. The lowest BCUT2D eigenvalue weighted by Gasteiger charge is -2.33. The molecule has 0 aliphatic carbocycles. The molecule has 2 heterocycles. The molecule has 1 aromatic heterocycles. The van der Waals surface area contributed by atoms with Crippen molar-refractivity contribution in [2.45, 2.75) is 6.54 Å². The first-order valence-electron chi connectivity index (χ1n) is 9.69. The van der Waals surface area contributed by atoms with Gasteiger partial charge in [0.2, 0.25) is 11.8 Å². The van der Waals surface area contributed by atoms with Gasteiger partial charge in [-0.3, -0.25) is 4.90 Å². The summed E-state index contributed by atoms with van der Waals surface area (Å²) in [6.07, 6.45) is -0.616. The number of hydrogen-bond donors (Lipinski definition) is 2. The molecule has 2 aromatic carbocycles. The Kier molecular flexibility index (Phi) is 5.76. The number of para-hydroxylation sites is 1. The van der Waals surface area contributed by atoms with Crippen LogP contribution in [-0.2, 0) is 6.54 Å². The third kappa shape index (κ3) is 4.66. The van der Waals surface area contributed by atoms with Crippen molar-refractivity contribution in [3.05, 3.63) is 72.3 Å². The second kappa shape index (κ2) is 8.79. The fourth-order valence-corrected chi connectivity index (χ4v) is 3.31. The van der Waals surface area contributed by atoms with E-state index in [1.165, 1.54) is 12.1 Å². The molecule has 1 fully saturated rings. The number of ether oxygens (including phenoxy) is 1. The van der Waals surface area contributed by atoms with Crippen molar-refractivity contribution in [1.29, 1.82) is 0 Å². The van der Waals surface area contributed by atoms with Gasteiger partial charge in [0.25, 0.3) is 0 Å². The van der Waals surface area contributed by atoms with Crippen LogP contribution < -0.4 is 9.57 Å². The van der Waals surface area contributed by atoms with Crippen LogP contribution in [0.15, 0.2) is 66.7 Å². The zero-order valence-corrected chi connectivity index (χ0v) is 16.3. The number of carbonyl (C=O) groups excluding carboxylic acids is 1. The number of hydrogen-bond acceptors (Lipinski definition) is 6. The summed E-state index contributed by atoms with van der Waals surface area (Å²) in [5.41, 5.74) is 1.13. The molecule has 0 radical (unpaired) electrons. The summed E-state index contributed by atoms with van der Waals surface area (Å²) in [5.74, 6) is 0.906. The van der Waals surface area contributed by atoms with Crippen LogP contribution in [0.1, 0.15) is 5.56 Å². The molecular weight excluding hydrogens is 386 g/mol. The van der Waals surface area contributed by atoms with E-state index in [4.69, 9.17) is 9.57 Å². The molecule has 2 N–H and O–H groups in total. The van der Waals surface area contributed by atoms with Gasteiger partial charge in [-0.15, -0.1) is 4.73 Å². The molecule has 0 bridgehead atoms. The first-order chi connectivity index (χ1) is 14.6. The maximum absolute atomic E-state index is 12.3. The molecule has 0 atom stereocenters. The molecular formula is C22H23N3O5. The van der Waals surface area contributed by atoms with Gasteiger partial charge in [0.1, 0.15) is 11.5 Å². The van der Waals surface area contributed by atoms with Crippen LogP contribution in [0.25, 0.3) is 0 Å². The molecule has 1 aliphatic heterocycles. The fraction of sp³-hybridized carbons (Fsp3) is 0.227. The molecule has 30 heavy (non-hydrogen) atoms. The van der Waals surface area contributed by atoms with Gasteiger partial charge in [-0.1, -0.05) is 30.3 Å². The summed E-state index contributed by atoms with van der Waals surface area (Å²) in [6, 6.07) is 20.1. The summed E-state index contributed by atoms with van der Waals surface area (Å²) < 4.78 is 6.60. The van der Waals surface area contributed by atoms with Crippen molar-refractivity contribution in [2.24, 2.45) is 0 Å². The van der Waals surface area contributed by atoms with E-state index >= 15 is 0 Å². The highest BCUT2D eigenvalue weighted by atomic mass is 16.7. The molecule has 0 saturated carbocycles. The Balaban J connectivity index is 1.29. The molecule has 0 spiro atoms. The number of piperazine rings is 1. The number of amides is 1. The van der Waals surface area contributed by atoms with Gasteiger partial charge in [0, 0.05) is 44.9 Å². The first-order valence-corrected chi connectivity index (χ1v) is 9.69. The second-order valence-electron chi connectivity index (χ2n) is 7.03. The Morgan fingerprint density at radius 3 is 2.20 bits per heavy atom. The van der Waals surface area contributed by atoms with E-state index in [2.05, 4.69) is 11.0 Å². The monoisotopic (exact) mass is 409 g/mol. The lowest BCUT2D eigenvalue weighted by Crippen LogP contribution is -2.50. The van der Waals surface area contributed by atoms with Crippen LogP contribution >= 0.6 is 0 Å². The number of aromatic hydroxyl groups is 2. The maximum Gasteiger partial charge on any atom is 0.434 e. The zero-order valence-electron chi connectivity index (χ0n) is 16.3. The molecule has 0 unspecified atom stereocenters. The molecule has 1 amide bonds. The van der Waals surface area contributed by atoms with Gasteiger partial charge in [0.15, 0.2) is 0 Å². The predicted molar refractivity (Wildman–Crippen MR) is 110 cm³/mol. The van der Waals surface area contributed by atoms with Gasteiger partial charge >= 0.3 is 6.09 Å². The van der Waals surface area contributed by atoms with Crippen LogP contribution in [-0.4, -0.2) is 57.0 Å². The Hall–Kier alpha value is -3.65. The van der Waals surface area contributed by atoms with Crippen LogP contribution in [0.4, 0.5) is 4.79 Å². The molecule has 156 valence electrons. The van der Waals surface area contributed by atoms with E-state index in [1.807, 2.05) is 48.5 Å². The van der Waals surface area contributed by atoms with Crippen LogP contribution in [0, 0.1) is 0 Å². The molecule has 8 heteroatoms. The van der Waals surface area contributed by atoms with E-state index in [1.54, 1.807) is 4.90 Å². The van der Waals surface area contributed by atoms with E-state index in [9.17, 15) is 15.0 Å². The second-order valence-corrected chi connectivity index (χ2v) is 7.03. The van der Waals surface area contributed by atoms with Crippen molar-refractivity contribution in [2.75, 3.05) is 26.2 Å². The Labute approximate surface area is 174 Å². The number of rotatable bonds is 5. The molecule has 8 nitrogen and oxygen atoms in total. The van der Waals surface area contributed by atoms with E-state index < -0.39 is 6.09 Å². The highest BCUT2D eigenvalue weighted by Gasteiger charge is 2.24. The number of aromatic nitrogens is 1. The number of benzene rings is 2. The van der Waals surface area contributed by atoms with Gasteiger partial charge in [-0.25, -0.2) is 4.79 Å². The molecule has 4 rings (SSSR count). The predicted octanol–water partition coefficient (Wildman–Crippen LogP) is 3.06. The normalized spacial score (nSPS) is 14.5. The lowest BCUT2D eigenvalue weighted by atomic mass is 10.2. The number of carbonyl (C=O) groups is 1. The smallest absolute Gasteiger partial charge is 0.434 e. The molecule has 3 aromatic rings. The van der Waals surface area contributed by atoms with Gasteiger partial charge in [0.05, 0.1) is 0 Å². The summed E-state index contributed by atoms with van der Waals surface area (Å²) >= 11 is 0. The quantitative estimate of drug-likeness (QED) is 0.674. The van der Waals surface area contributed by atoms with Crippen molar-refractivity contribution in [3.8, 4) is 23.3 Å². The van der Waals surface area contributed by atoms with Crippen LogP contribution in [0.5, 0.6) is 23.3 Å². The number of nitrogens with zero attached hydrogens (tertiary/aromatic N) is 3. The average Bonchev–Trinajstić information content (AvgIpc) is 3.07. The van der Waals surface area contributed by atoms with Crippen LogP contribution in [0.3, 0.4) is 0 Å².